The Morgan fingerprint density at radius 3 is 2.70 bits per heavy atom. The molecule has 2 rings (SSSR count). The number of methoxy groups -OCH3 is 2. The summed E-state index contributed by atoms with van der Waals surface area (Å²) < 4.78 is 12.7. The van der Waals surface area contributed by atoms with E-state index in [9.17, 15) is 0 Å². The highest BCUT2D eigenvalue weighted by Crippen LogP contribution is 2.29. The summed E-state index contributed by atoms with van der Waals surface area (Å²) in [6, 6.07) is 6.04. The zero-order chi connectivity index (χ0) is 14.5. The maximum Gasteiger partial charge on any atom is 0.127 e. The van der Waals surface area contributed by atoms with Crippen molar-refractivity contribution < 1.29 is 9.47 Å². The monoisotopic (exact) mass is 275 g/mol. The van der Waals surface area contributed by atoms with E-state index >= 15 is 0 Å². The summed E-state index contributed by atoms with van der Waals surface area (Å²) in [5.41, 5.74) is 2.25. The lowest BCUT2D eigenvalue weighted by Gasteiger charge is -2.18. The van der Waals surface area contributed by atoms with Crippen LogP contribution in [0.25, 0.3) is 0 Å². The number of hydrogen-bond acceptors (Lipinski definition) is 4. The molecule has 1 heterocycles. The molecular weight excluding hydrogens is 254 g/mol. The molecule has 0 aliphatic heterocycles. The lowest BCUT2D eigenvalue weighted by atomic mass is 10.1. The molecule has 0 amide bonds. The summed E-state index contributed by atoms with van der Waals surface area (Å²) in [5.74, 6) is 1.62. The molecule has 1 aromatic heterocycles. The second-order valence-electron chi connectivity index (χ2n) is 4.71. The maximum atomic E-state index is 5.43. The van der Waals surface area contributed by atoms with Gasteiger partial charge in [-0.3, -0.25) is 0 Å². The van der Waals surface area contributed by atoms with Crippen LogP contribution in [-0.2, 0) is 13.6 Å². The predicted molar refractivity (Wildman–Crippen MR) is 78.0 cm³/mol. The first-order valence-electron chi connectivity index (χ1n) is 6.56. The minimum atomic E-state index is 0.172. The molecule has 2 aromatic rings. The van der Waals surface area contributed by atoms with Crippen molar-refractivity contribution in [1.29, 1.82) is 0 Å². The third-order valence-electron chi connectivity index (χ3n) is 3.41. The molecule has 5 heteroatoms. The van der Waals surface area contributed by atoms with E-state index in [0.717, 1.165) is 29.3 Å². The number of nitrogens with one attached hydrogen (secondary N) is 1. The van der Waals surface area contributed by atoms with Crippen LogP contribution in [0.4, 0.5) is 0 Å². The predicted octanol–water partition coefficient (Wildman–Crippen LogP) is 2.29. The molecule has 1 atom stereocenters. The van der Waals surface area contributed by atoms with Crippen molar-refractivity contribution in [2.45, 2.75) is 19.5 Å². The molecule has 20 heavy (non-hydrogen) atoms. The van der Waals surface area contributed by atoms with E-state index in [4.69, 9.17) is 9.47 Å². The average Bonchev–Trinajstić information content (AvgIpc) is 2.89. The van der Waals surface area contributed by atoms with Gasteiger partial charge in [-0.2, -0.15) is 0 Å². The fourth-order valence-electron chi connectivity index (χ4n) is 2.10. The molecule has 108 valence electrons. The Hall–Kier alpha value is -2.01. The van der Waals surface area contributed by atoms with Crippen LogP contribution in [-0.4, -0.2) is 23.8 Å². The van der Waals surface area contributed by atoms with Crippen LogP contribution >= 0.6 is 0 Å². The molecule has 0 bridgehead atoms. The first kappa shape index (κ1) is 14.4. The van der Waals surface area contributed by atoms with Crippen molar-refractivity contribution >= 4 is 0 Å². The lowest BCUT2D eigenvalue weighted by Crippen LogP contribution is -2.20. The third kappa shape index (κ3) is 3.11. The number of aromatic nitrogens is 2. The van der Waals surface area contributed by atoms with Crippen molar-refractivity contribution in [3.8, 4) is 11.5 Å². The number of imidazole rings is 1. The smallest absolute Gasteiger partial charge is 0.127 e. The van der Waals surface area contributed by atoms with Gasteiger partial charge >= 0.3 is 0 Å². The van der Waals surface area contributed by atoms with Gasteiger partial charge in [-0.1, -0.05) is 6.07 Å². The van der Waals surface area contributed by atoms with Crippen LogP contribution < -0.4 is 14.8 Å². The largest absolute Gasteiger partial charge is 0.497 e. The Balaban J connectivity index is 2.08. The average molecular weight is 275 g/mol. The molecule has 1 N–H and O–H groups in total. The van der Waals surface area contributed by atoms with Crippen molar-refractivity contribution in [3.05, 3.63) is 42.0 Å². The van der Waals surface area contributed by atoms with Crippen LogP contribution in [0.3, 0.4) is 0 Å². The van der Waals surface area contributed by atoms with E-state index in [1.807, 2.05) is 36.0 Å². The second-order valence-corrected chi connectivity index (χ2v) is 4.71. The zero-order valence-corrected chi connectivity index (χ0v) is 12.4. The van der Waals surface area contributed by atoms with Crippen LogP contribution in [0.5, 0.6) is 11.5 Å². The van der Waals surface area contributed by atoms with Gasteiger partial charge in [-0.05, 0) is 13.0 Å². The maximum absolute atomic E-state index is 5.43. The van der Waals surface area contributed by atoms with E-state index in [1.165, 1.54) is 0 Å². The SMILES string of the molecule is COc1ccc(C(C)NCc2cncn2C)c(OC)c1. The topological polar surface area (TPSA) is 48.3 Å². The first-order valence-corrected chi connectivity index (χ1v) is 6.56. The Bertz CT molecular complexity index is 566. The molecular formula is C15H21N3O2. The molecule has 5 nitrogen and oxygen atoms in total. The van der Waals surface area contributed by atoms with E-state index in [1.54, 1.807) is 20.5 Å². The fraction of sp³-hybridized carbons (Fsp3) is 0.400. The zero-order valence-electron chi connectivity index (χ0n) is 12.4. The van der Waals surface area contributed by atoms with Gasteiger partial charge in [0.05, 0.1) is 26.2 Å². The number of aryl methyl sites for hydroxylation is 1. The van der Waals surface area contributed by atoms with E-state index < -0.39 is 0 Å². The molecule has 0 spiro atoms. The summed E-state index contributed by atoms with van der Waals surface area (Å²) >= 11 is 0. The first-order chi connectivity index (χ1) is 9.65. The Kier molecular flexibility index (Phi) is 4.63. The summed E-state index contributed by atoms with van der Waals surface area (Å²) in [6.07, 6.45) is 3.67. The van der Waals surface area contributed by atoms with Gasteiger partial charge in [-0.15, -0.1) is 0 Å². The number of nitrogens with zero attached hydrogens (tertiary/aromatic N) is 2. The van der Waals surface area contributed by atoms with Gasteiger partial charge in [0.15, 0.2) is 0 Å². The van der Waals surface area contributed by atoms with Crippen LogP contribution in [0.1, 0.15) is 24.2 Å². The van der Waals surface area contributed by atoms with E-state index in [0.29, 0.717) is 0 Å². The van der Waals surface area contributed by atoms with Gasteiger partial charge in [0.25, 0.3) is 0 Å². The number of ether oxygens (including phenoxy) is 2. The molecule has 0 aliphatic carbocycles. The van der Waals surface area contributed by atoms with Gasteiger partial charge in [-0.25, -0.2) is 4.98 Å². The number of benzene rings is 1. The molecule has 1 unspecified atom stereocenters. The highest BCUT2D eigenvalue weighted by molar-refractivity contribution is 5.42. The van der Waals surface area contributed by atoms with Gasteiger partial charge in [0.1, 0.15) is 11.5 Å². The van der Waals surface area contributed by atoms with Crippen LogP contribution in [0.2, 0.25) is 0 Å². The van der Waals surface area contributed by atoms with Crippen molar-refractivity contribution in [3.63, 3.8) is 0 Å². The molecule has 0 radical (unpaired) electrons. The Morgan fingerprint density at radius 2 is 2.10 bits per heavy atom. The van der Waals surface area contributed by atoms with Crippen LogP contribution in [0, 0.1) is 0 Å². The molecule has 0 fully saturated rings. The number of rotatable bonds is 6. The highest BCUT2D eigenvalue weighted by atomic mass is 16.5. The molecule has 0 saturated carbocycles. The van der Waals surface area contributed by atoms with E-state index in [2.05, 4.69) is 17.2 Å². The molecule has 0 aliphatic rings. The molecule has 1 aromatic carbocycles. The standard InChI is InChI=1S/C15H21N3O2/c1-11(17-9-12-8-16-10-18(12)2)14-6-5-13(19-3)7-15(14)20-4/h5-8,10-11,17H,9H2,1-4H3. The number of hydrogen-bond donors (Lipinski definition) is 1. The van der Waals surface area contributed by atoms with Gasteiger partial charge in [0.2, 0.25) is 0 Å². The molecule has 0 saturated heterocycles. The third-order valence-corrected chi connectivity index (χ3v) is 3.41. The van der Waals surface area contributed by atoms with Gasteiger partial charge < -0.3 is 19.4 Å². The summed E-state index contributed by atoms with van der Waals surface area (Å²) in [6.45, 7) is 2.87. The van der Waals surface area contributed by atoms with Crippen LogP contribution in [0.15, 0.2) is 30.7 Å². The Morgan fingerprint density at radius 1 is 1.30 bits per heavy atom. The lowest BCUT2D eigenvalue weighted by molar-refractivity contribution is 0.385. The van der Waals surface area contributed by atoms with Crippen molar-refractivity contribution in [1.82, 2.24) is 14.9 Å². The second kappa shape index (κ2) is 6.43. The Labute approximate surface area is 119 Å². The minimum Gasteiger partial charge on any atom is -0.497 e. The summed E-state index contributed by atoms with van der Waals surface area (Å²) in [7, 11) is 5.31. The van der Waals surface area contributed by atoms with Crippen molar-refractivity contribution in [2.75, 3.05) is 14.2 Å². The van der Waals surface area contributed by atoms with Gasteiger partial charge in [0, 0.05) is 37.5 Å². The fourth-order valence-corrected chi connectivity index (χ4v) is 2.10. The normalized spacial score (nSPS) is 12.2. The minimum absolute atomic E-state index is 0.172. The van der Waals surface area contributed by atoms with Crippen molar-refractivity contribution in [2.24, 2.45) is 7.05 Å². The quantitative estimate of drug-likeness (QED) is 0.878. The van der Waals surface area contributed by atoms with E-state index in [-0.39, 0.29) is 6.04 Å². The summed E-state index contributed by atoms with van der Waals surface area (Å²) in [5, 5.41) is 3.47. The highest BCUT2D eigenvalue weighted by Gasteiger charge is 2.12. The summed E-state index contributed by atoms with van der Waals surface area (Å²) in [4.78, 5) is 4.11.